The molecule has 16 heavy (non-hydrogen) atoms. The highest BCUT2D eigenvalue weighted by atomic mass is 19.4. The Morgan fingerprint density at radius 3 is 2.25 bits per heavy atom. The van der Waals surface area contributed by atoms with Crippen molar-refractivity contribution in [3.63, 3.8) is 0 Å². The molecule has 0 radical (unpaired) electrons. The zero-order chi connectivity index (χ0) is 12.2. The molecule has 0 unspecified atom stereocenters. The number of halogens is 3. The number of nitrogens with two attached hydrogens (primary N) is 1. The second-order valence-corrected chi connectivity index (χ2v) is 3.53. The summed E-state index contributed by atoms with van der Waals surface area (Å²) in [6.07, 6.45) is -4.10. The van der Waals surface area contributed by atoms with Gasteiger partial charge in [0.25, 0.3) is 0 Å². The fourth-order valence-electron chi connectivity index (χ4n) is 1.28. The number of hydrogen-bond acceptors (Lipinski definition) is 2. The van der Waals surface area contributed by atoms with Crippen LogP contribution in [-0.4, -0.2) is 19.3 Å². The normalized spacial score (nSPS) is 13.6. The van der Waals surface area contributed by atoms with Gasteiger partial charge in [-0.25, -0.2) is 0 Å². The molecular formula is C11H14F3NO. The van der Waals surface area contributed by atoms with Crippen molar-refractivity contribution in [1.82, 2.24) is 0 Å². The second kappa shape index (κ2) is 5.21. The maximum absolute atomic E-state index is 12.1. The third-order valence-corrected chi connectivity index (χ3v) is 2.32. The summed E-state index contributed by atoms with van der Waals surface area (Å²) in [7, 11) is 1.54. The van der Waals surface area contributed by atoms with Crippen LogP contribution in [-0.2, 0) is 6.42 Å². The minimum Gasteiger partial charge on any atom is -0.497 e. The highest BCUT2D eigenvalue weighted by Crippen LogP contribution is 2.22. The van der Waals surface area contributed by atoms with E-state index in [0.29, 0.717) is 12.2 Å². The van der Waals surface area contributed by atoms with E-state index < -0.39 is 12.2 Å². The van der Waals surface area contributed by atoms with Crippen LogP contribution in [0.2, 0.25) is 0 Å². The van der Waals surface area contributed by atoms with Crippen molar-refractivity contribution in [2.24, 2.45) is 5.73 Å². The SMILES string of the molecule is COc1ccc(CC[C@H](N)C(F)(F)F)cc1. The van der Waals surface area contributed by atoms with Crippen molar-refractivity contribution in [2.45, 2.75) is 25.1 Å². The van der Waals surface area contributed by atoms with Gasteiger partial charge in [-0.2, -0.15) is 13.2 Å². The molecule has 5 heteroatoms. The second-order valence-electron chi connectivity index (χ2n) is 3.53. The van der Waals surface area contributed by atoms with E-state index in [9.17, 15) is 13.2 Å². The first kappa shape index (κ1) is 12.8. The van der Waals surface area contributed by atoms with Crippen LogP contribution in [0.25, 0.3) is 0 Å². The topological polar surface area (TPSA) is 35.2 Å². The van der Waals surface area contributed by atoms with Gasteiger partial charge in [0.05, 0.1) is 7.11 Å². The van der Waals surface area contributed by atoms with E-state index in [0.717, 1.165) is 5.56 Å². The van der Waals surface area contributed by atoms with Gasteiger partial charge in [-0.3, -0.25) is 0 Å². The lowest BCUT2D eigenvalue weighted by Gasteiger charge is -2.15. The van der Waals surface area contributed by atoms with Crippen molar-refractivity contribution in [3.05, 3.63) is 29.8 Å². The van der Waals surface area contributed by atoms with E-state index in [1.54, 1.807) is 24.3 Å². The number of ether oxygens (including phenoxy) is 1. The van der Waals surface area contributed by atoms with E-state index in [1.807, 2.05) is 0 Å². The lowest BCUT2D eigenvalue weighted by Crippen LogP contribution is -2.37. The van der Waals surface area contributed by atoms with Crippen molar-refractivity contribution in [3.8, 4) is 5.75 Å². The fourth-order valence-corrected chi connectivity index (χ4v) is 1.28. The van der Waals surface area contributed by atoms with Crippen molar-refractivity contribution >= 4 is 0 Å². The smallest absolute Gasteiger partial charge is 0.403 e. The van der Waals surface area contributed by atoms with Crippen molar-refractivity contribution in [1.29, 1.82) is 0 Å². The maximum Gasteiger partial charge on any atom is 0.403 e. The number of aryl methyl sites for hydroxylation is 1. The van der Waals surface area contributed by atoms with E-state index in [1.165, 1.54) is 7.11 Å². The Kier molecular flexibility index (Phi) is 4.18. The van der Waals surface area contributed by atoms with Crippen LogP contribution in [0.3, 0.4) is 0 Å². The van der Waals surface area contributed by atoms with Gasteiger partial charge in [-0.05, 0) is 30.5 Å². The van der Waals surface area contributed by atoms with Gasteiger partial charge in [0.1, 0.15) is 11.8 Å². The minimum absolute atomic E-state index is 0.101. The molecule has 0 bridgehead atoms. The molecule has 1 aromatic carbocycles. The molecule has 90 valence electrons. The number of rotatable bonds is 4. The Labute approximate surface area is 92.2 Å². The average Bonchev–Trinajstić information content (AvgIpc) is 2.25. The number of methoxy groups -OCH3 is 1. The lowest BCUT2D eigenvalue weighted by molar-refractivity contribution is -0.148. The predicted molar refractivity (Wildman–Crippen MR) is 55.3 cm³/mol. The molecule has 1 atom stereocenters. The van der Waals surface area contributed by atoms with Gasteiger partial charge < -0.3 is 10.5 Å². The highest BCUT2D eigenvalue weighted by molar-refractivity contribution is 5.27. The fraction of sp³-hybridized carbons (Fsp3) is 0.455. The third-order valence-electron chi connectivity index (χ3n) is 2.32. The van der Waals surface area contributed by atoms with Crippen LogP contribution in [0, 0.1) is 0 Å². The van der Waals surface area contributed by atoms with E-state index >= 15 is 0 Å². The molecule has 0 amide bonds. The number of benzene rings is 1. The zero-order valence-electron chi connectivity index (χ0n) is 8.92. The Hall–Kier alpha value is -1.23. The third kappa shape index (κ3) is 3.73. The van der Waals surface area contributed by atoms with E-state index in [4.69, 9.17) is 10.5 Å². The van der Waals surface area contributed by atoms with Gasteiger partial charge in [0.15, 0.2) is 0 Å². The summed E-state index contributed by atoms with van der Waals surface area (Å²) in [6.45, 7) is 0. The van der Waals surface area contributed by atoms with Gasteiger partial charge in [0.2, 0.25) is 0 Å². The molecule has 1 aromatic rings. The molecule has 0 aliphatic heterocycles. The Morgan fingerprint density at radius 2 is 1.81 bits per heavy atom. The average molecular weight is 233 g/mol. The molecule has 0 heterocycles. The number of alkyl halides is 3. The summed E-state index contributed by atoms with van der Waals surface area (Å²) in [6, 6.07) is 5.15. The van der Waals surface area contributed by atoms with Gasteiger partial charge in [-0.15, -0.1) is 0 Å². The molecule has 2 nitrogen and oxygen atoms in total. The van der Waals surface area contributed by atoms with Crippen LogP contribution in [0.1, 0.15) is 12.0 Å². The van der Waals surface area contributed by atoms with Gasteiger partial charge in [0, 0.05) is 0 Å². The summed E-state index contributed by atoms with van der Waals surface area (Å²) >= 11 is 0. The highest BCUT2D eigenvalue weighted by Gasteiger charge is 2.35. The van der Waals surface area contributed by atoms with E-state index in [2.05, 4.69) is 0 Å². The van der Waals surface area contributed by atoms with Crippen molar-refractivity contribution < 1.29 is 17.9 Å². The Balaban J connectivity index is 2.48. The largest absolute Gasteiger partial charge is 0.497 e. The standard InChI is InChI=1S/C11H14F3NO/c1-16-9-5-2-8(3-6-9)4-7-10(15)11(12,13)14/h2-3,5-6,10H,4,7,15H2,1H3/t10-/m0/s1. The molecule has 0 fully saturated rings. The Morgan fingerprint density at radius 1 is 1.25 bits per heavy atom. The van der Waals surface area contributed by atoms with E-state index in [-0.39, 0.29) is 6.42 Å². The predicted octanol–water partition coefficient (Wildman–Crippen LogP) is 2.52. The molecule has 2 N–H and O–H groups in total. The van der Waals surface area contributed by atoms with Crippen LogP contribution in [0.15, 0.2) is 24.3 Å². The van der Waals surface area contributed by atoms with Crippen LogP contribution in [0.5, 0.6) is 5.75 Å². The first-order valence-electron chi connectivity index (χ1n) is 4.88. The first-order valence-corrected chi connectivity index (χ1v) is 4.88. The Bertz CT molecular complexity index is 321. The molecule has 0 aliphatic carbocycles. The lowest BCUT2D eigenvalue weighted by atomic mass is 10.1. The summed E-state index contributed by atoms with van der Waals surface area (Å²) in [4.78, 5) is 0. The summed E-state index contributed by atoms with van der Waals surface area (Å²) < 4.78 is 41.3. The van der Waals surface area contributed by atoms with Gasteiger partial charge in [-0.1, -0.05) is 12.1 Å². The molecular weight excluding hydrogens is 219 g/mol. The summed E-state index contributed by atoms with van der Waals surface area (Å²) in [5.41, 5.74) is 5.82. The molecule has 0 aliphatic rings. The first-order chi connectivity index (χ1) is 7.43. The van der Waals surface area contributed by atoms with Crippen LogP contribution in [0.4, 0.5) is 13.2 Å². The minimum atomic E-state index is -4.31. The van der Waals surface area contributed by atoms with Gasteiger partial charge >= 0.3 is 6.18 Å². The van der Waals surface area contributed by atoms with Crippen LogP contribution < -0.4 is 10.5 Å². The molecule has 0 saturated carbocycles. The molecule has 0 spiro atoms. The van der Waals surface area contributed by atoms with Crippen molar-refractivity contribution in [2.75, 3.05) is 7.11 Å². The van der Waals surface area contributed by atoms with Crippen LogP contribution >= 0.6 is 0 Å². The summed E-state index contributed by atoms with van der Waals surface area (Å²) in [5, 5.41) is 0. The maximum atomic E-state index is 12.1. The zero-order valence-corrected chi connectivity index (χ0v) is 8.92. The number of hydrogen-bond donors (Lipinski definition) is 1. The monoisotopic (exact) mass is 233 g/mol. The quantitative estimate of drug-likeness (QED) is 0.867. The molecule has 0 aromatic heterocycles. The molecule has 0 saturated heterocycles. The summed E-state index contributed by atoms with van der Waals surface area (Å²) in [5.74, 6) is 0.684. The molecule has 1 rings (SSSR count).